The Labute approximate surface area is 129 Å². The molecule has 0 saturated carbocycles. The van der Waals surface area contributed by atoms with Gasteiger partial charge in [-0.1, -0.05) is 38.8 Å². The van der Waals surface area contributed by atoms with Gasteiger partial charge in [0.1, 0.15) is 4.90 Å². The van der Waals surface area contributed by atoms with Gasteiger partial charge in [-0.05, 0) is 12.0 Å². The summed E-state index contributed by atoms with van der Waals surface area (Å²) in [6.45, 7) is 6.30. The number of nitro benzene ring substituents is 1. The number of benzene rings is 1. The van der Waals surface area contributed by atoms with Crippen LogP contribution in [0, 0.1) is 16.0 Å². The van der Waals surface area contributed by atoms with E-state index in [4.69, 9.17) is 11.6 Å². The summed E-state index contributed by atoms with van der Waals surface area (Å²) in [7, 11) is -3.85. The van der Waals surface area contributed by atoms with Crippen molar-refractivity contribution < 1.29 is 13.3 Å². The van der Waals surface area contributed by atoms with Crippen molar-refractivity contribution in [1.82, 2.24) is 4.31 Å². The predicted octanol–water partition coefficient (Wildman–Crippen LogP) is 3.30. The molecule has 1 aromatic rings. The Morgan fingerprint density at radius 1 is 1.38 bits per heavy atom. The molecule has 8 heteroatoms. The molecule has 1 aromatic carbocycles. The molecule has 0 saturated heterocycles. The zero-order valence-electron chi connectivity index (χ0n) is 12.2. The van der Waals surface area contributed by atoms with Crippen molar-refractivity contribution in [2.24, 2.45) is 5.92 Å². The molecule has 0 spiro atoms. The van der Waals surface area contributed by atoms with Gasteiger partial charge in [0, 0.05) is 25.2 Å². The Morgan fingerprint density at radius 3 is 2.48 bits per heavy atom. The highest BCUT2D eigenvalue weighted by Crippen LogP contribution is 2.29. The number of rotatable bonds is 7. The summed E-state index contributed by atoms with van der Waals surface area (Å²) in [6.07, 6.45) is 0.842. The fraction of sp³-hybridized carbons (Fsp3) is 0.538. The first-order chi connectivity index (χ1) is 9.73. The standard InChI is InChI=1S/C13H19ClN2O4S/c1-4-10(3)9-15(5-2)21(19,20)13-8-11(16(17)18)6-7-12(13)14/h6-8,10H,4-5,9H2,1-3H3. The van der Waals surface area contributed by atoms with E-state index in [9.17, 15) is 18.5 Å². The normalized spacial score (nSPS) is 13.4. The van der Waals surface area contributed by atoms with Crippen LogP contribution in [0.4, 0.5) is 5.69 Å². The Morgan fingerprint density at radius 2 is 2.00 bits per heavy atom. The van der Waals surface area contributed by atoms with E-state index < -0.39 is 14.9 Å². The Bertz CT molecular complexity index is 619. The second-order valence-corrected chi connectivity index (χ2v) is 7.15. The molecule has 0 amide bonds. The van der Waals surface area contributed by atoms with Crippen molar-refractivity contribution in [3.8, 4) is 0 Å². The maximum atomic E-state index is 12.6. The van der Waals surface area contributed by atoms with Gasteiger partial charge in [-0.25, -0.2) is 8.42 Å². The zero-order valence-corrected chi connectivity index (χ0v) is 13.8. The van der Waals surface area contributed by atoms with Crippen LogP contribution < -0.4 is 0 Å². The lowest BCUT2D eigenvalue weighted by Gasteiger charge is -2.23. The molecule has 0 fully saturated rings. The first-order valence-electron chi connectivity index (χ1n) is 6.68. The van der Waals surface area contributed by atoms with Gasteiger partial charge in [-0.15, -0.1) is 0 Å². The number of nitro groups is 1. The van der Waals surface area contributed by atoms with Gasteiger partial charge in [0.05, 0.1) is 9.95 Å². The van der Waals surface area contributed by atoms with E-state index in [-0.39, 0.29) is 28.1 Å². The summed E-state index contributed by atoms with van der Waals surface area (Å²) in [5.74, 6) is 0.192. The number of halogens is 1. The molecule has 118 valence electrons. The summed E-state index contributed by atoms with van der Waals surface area (Å²) < 4.78 is 26.6. The molecule has 0 heterocycles. The quantitative estimate of drug-likeness (QED) is 0.566. The highest BCUT2D eigenvalue weighted by molar-refractivity contribution is 7.89. The number of hydrogen-bond donors (Lipinski definition) is 0. The molecule has 0 aliphatic rings. The lowest BCUT2D eigenvalue weighted by molar-refractivity contribution is -0.385. The Balaban J connectivity index is 3.28. The van der Waals surface area contributed by atoms with Crippen LogP contribution in [0.3, 0.4) is 0 Å². The maximum Gasteiger partial charge on any atom is 0.270 e. The van der Waals surface area contributed by atoms with E-state index in [0.717, 1.165) is 12.5 Å². The second kappa shape index (κ2) is 7.20. The highest BCUT2D eigenvalue weighted by atomic mass is 35.5. The molecule has 1 unspecified atom stereocenters. The van der Waals surface area contributed by atoms with Gasteiger partial charge in [-0.2, -0.15) is 4.31 Å². The monoisotopic (exact) mass is 334 g/mol. The van der Waals surface area contributed by atoms with E-state index in [0.29, 0.717) is 6.54 Å². The first kappa shape index (κ1) is 17.9. The largest absolute Gasteiger partial charge is 0.270 e. The van der Waals surface area contributed by atoms with Crippen LogP contribution >= 0.6 is 11.6 Å². The molecule has 6 nitrogen and oxygen atoms in total. The summed E-state index contributed by atoms with van der Waals surface area (Å²) in [5.41, 5.74) is -0.294. The van der Waals surface area contributed by atoms with Gasteiger partial charge in [0.2, 0.25) is 10.0 Å². The first-order valence-corrected chi connectivity index (χ1v) is 8.49. The molecule has 0 aliphatic carbocycles. The lowest BCUT2D eigenvalue weighted by atomic mass is 10.1. The van der Waals surface area contributed by atoms with Gasteiger partial charge >= 0.3 is 0 Å². The van der Waals surface area contributed by atoms with Gasteiger partial charge < -0.3 is 0 Å². The van der Waals surface area contributed by atoms with Crippen molar-refractivity contribution in [3.63, 3.8) is 0 Å². The molecule has 1 rings (SSSR count). The Kier molecular flexibility index (Phi) is 6.12. The van der Waals surface area contributed by atoms with Crippen molar-refractivity contribution in [2.75, 3.05) is 13.1 Å². The topological polar surface area (TPSA) is 80.5 Å². The van der Waals surface area contributed by atoms with Crippen LogP contribution in [-0.2, 0) is 10.0 Å². The summed E-state index contributed by atoms with van der Waals surface area (Å²) in [5, 5.41) is 10.8. The molecule has 0 radical (unpaired) electrons. The lowest BCUT2D eigenvalue weighted by Crippen LogP contribution is -2.34. The maximum absolute atomic E-state index is 12.6. The van der Waals surface area contributed by atoms with Crippen molar-refractivity contribution >= 4 is 27.3 Å². The SMILES string of the molecule is CCC(C)CN(CC)S(=O)(=O)c1cc([N+](=O)[O-])ccc1Cl. The van der Waals surface area contributed by atoms with Crippen LogP contribution in [0.15, 0.2) is 23.1 Å². The number of nitrogens with zero attached hydrogens (tertiary/aromatic N) is 2. The third kappa shape index (κ3) is 4.15. The van der Waals surface area contributed by atoms with Crippen LogP contribution in [0.25, 0.3) is 0 Å². The van der Waals surface area contributed by atoms with E-state index in [1.165, 1.54) is 16.4 Å². The van der Waals surface area contributed by atoms with Crippen LogP contribution in [0.1, 0.15) is 27.2 Å². The molecular weight excluding hydrogens is 316 g/mol. The summed E-state index contributed by atoms with van der Waals surface area (Å²) in [4.78, 5) is 9.95. The second-order valence-electron chi connectivity index (χ2n) is 4.84. The van der Waals surface area contributed by atoms with Gasteiger partial charge in [0.25, 0.3) is 5.69 Å². The van der Waals surface area contributed by atoms with Crippen LogP contribution in [0.2, 0.25) is 5.02 Å². The fourth-order valence-electron chi connectivity index (χ4n) is 1.82. The zero-order chi connectivity index (χ0) is 16.2. The molecule has 0 bridgehead atoms. The van der Waals surface area contributed by atoms with E-state index in [1.54, 1.807) is 6.92 Å². The average molecular weight is 335 g/mol. The molecule has 0 aromatic heterocycles. The van der Waals surface area contributed by atoms with Crippen molar-refractivity contribution in [2.45, 2.75) is 32.1 Å². The number of hydrogen-bond acceptors (Lipinski definition) is 4. The highest BCUT2D eigenvalue weighted by Gasteiger charge is 2.28. The summed E-state index contributed by atoms with van der Waals surface area (Å²) >= 11 is 5.93. The molecule has 1 atom stereocenters. The van der Waals surface area contributed by atoms with Crippen LogP contribution in [-0.4, -0.2) is 30.7 Å². The minimum atomic E-state index is -3.85. The van der Waals surface area contributed by atoms with E-state index in [1.807, 2.05) is 13.8 Å². The van der Waals surface area contributed by atoms with E-state index in [2.05, 4.69) is 0 Å². The fourth-order valence-corrected chi connectivity index (χ4v) is 3.88. The molecule has 0 aliphatic heterocycles. The minimum Gasteiger partial charge on any atom is -0.258 e. The van der Waals surface area contributed by atoms with Crippen molar-refractivity contribution in [3.05, 3.63) is 33.3 Å². The van der Waals surface area contributed by atoms with Gasteiger partial charge in [-0.3, -0.25) is 10.1 Å². The number of non-ortho nitro benzene ring substituents is 1. The minimum absolute atomic E-state index is 0.0109. The molecule has 21 heavy (non-hydrogen) atoms. The van der Waals surface area contributed by atoms with Crippen molar-refractivity contribution in [1.29, 1.82) is 0 Å². The smallest absolute Gasteiger partial charge is 0.258 e. The predicted molar refractivity (Wildman–Crippen MR) is 82.0 cm³/mol. The summed E-state index contributed by atoms with van der Waals surface area (Å²) in [6, 6.07) is 3.44. The Hall–Kier alpha value is -1.18. The van der Waals surface area contributed by atoms with Gasteiger partial charge in [0.15, 0.2) is 0 Å². The average Bonchev–Trinajstić information content (AvgIpc) is 2.44. The molecular formula is C13H19ClN2O4S. The molecule has 0 N–H and O–H groups in total. The van der Waals surface area contributed by atoms with Crippen LogP contribution in [0.5, 0.6) is 0 Å². The van der Waals surface area contributed by atoms with E-state index >= 15 is 0 Å². The number of sulfonamides is 1. The third-order valence-corrected chi connectivity index (χ3v) is 5.73. The third-order valence-electron chi connectivity index (χ3n) is 3.31.